The van der Waals surface area contributed by atoms with Crippen LogP contribution in [0.25, 0.3) is 0 Å². The molecule has 1 saturated heterocycles. The standard InChI is InChI=1S/C18H31NO4S/c1-6-11(2)15(20)12(3)16(21)19-14-9-13-7-8-18(14,17(13,4)5)10-24(19,22)23/h11-15,20H,6-10H2,1-5H3/t11-,12+,13-,14-,15+,18-/m0/s1/i16+2. The fourth-order valence-electron chi connectivity index (χ4n) is 5.66. The molecule has 3 rings (SSSR count). The highest BCUT2D eigenvalue weighted by atomic mass is 32.2. The summed E-state index contributed by atoms with van der Waals surface area (Å²) in [6.45, 7) is 9.87. The molecule has 1 amide bonds. The highest BCUT2D eigenvalue weighted by Gasteiger charge is 2.72. The lowest BCUT2D eigenvalue weighted by molar-refractivity contribution is -0.137. The van der Waals surface area contributed by atoms with Gasteiger partial charge in [0.25, 0.3) is 0 Å². The highest BCUT2D eigenvalue weighted by Crippen LogP contribution is 2.70. The van der Waals surface area contributed by atoms with Gasteiger partial charge in [0.2, 0.25) is 15.9 Å². The third-order valence-corrected chi connectivity index (χ3v) is 9.67. The van der Waals surface area contributed by atoms with Crippen LogP contribution in [0.15, 0.2) is 0 Å². The molecule has 3 aliphatic rings. The first-order valence-electron chi connectivity index (χ1n) is 9.23. The fraction of sp³-hybridized carbons (Fsp3) is 0.944. The van der Waals surface area contributed by atoms with Crippen molar-refractivity contribution in [1.82, 2.24) is 4.31 Å². The monoisotopic (exact) mass is 359 g/mol. The van der Waals surface area contributed by atoms with Crippen LogP contribution in [-0.2, 0) is 14.8 Å². The molecule has 6 heteroatoms. The summed E-state index contributed by atoms with van der Waals surface area (Å²) in [4.78, 5) is 13.0. The molecule has 6 atom stereocenters. The largest absolute Gasteiger partial charge is 0.392 e. The normalized spacial score (nSPS) is 39.5. The summed E-state index contributed by atoms with van der Waals surface area (Å²) in [5.41, 5.74) is -0.342. The van der Waals surface area contributed by atoms with Crippen LogP contribution in [0, 0.1) is 28.6 Å². The molecule has 1 aliphatic heterocycles. The number of fused-ring (bicyclic) bond motifs is 1. The third kappa shape index (κ3) is 2.14. The van der Waals surface area contributed by atoms with Gasteiger partial charge >= 0.3 is 0 Å². The minimum absolute atomic E-state index is 0.0281. The molecular formula is C18H31NO4S. The molecule has 1 heterocycles. The Hall–Kier alpha value is -0.620. The first kappa shape index (κ1) is 18.2. The van der Waals surface area contributed by atoms with Crippen molar-refractivity contribution >= 4 is 15.9 Å². The zero-order chi connectivity index (χ0) is 18.1. The SMILES string of the molecule is CC[C@H](C)[C@@H](O)[C@@H](C)[14C](=O)N1[C@H]2C[C@@H]3CC[C@@]2(CS1(=O)=O)C3(C)C. The predicted octanol–water partition coefficient (Wildman–Crippen LogP) is 2.40. The molecule has 3 fully saturated rings. The van der Waals surface area contributed by atoms with Crippen molar-refractivity contribution in [1.29, 1.82) is 0 Å². The van der Waals surface area contributed by atoms with Crippen LogP contribution in [0.5, 0.6) is 0 Å². The topological polar surface area (TPSA) is 74.7 Å². The molecule has 2 aliphatic carbocycles. The minimum Gasteiger partial charge on any atom is -0.392 e. The van der Waals surface area contributed by atoms with Crippen molar-refractivity contribution in [3.63, 3.8) is 0 Å². The smallest absolute Gasteiger partial charge is 0.241 e. The van der Waals surface area contributed by atoms with E-state index in [2.05, 4.69) is 13.8 Å². The van der Waals surface area contributed by atoms with E-state index in [1.807, 2.05) is 13.8 Å². The molecule has 1 spiro atoms. The average molecular weight is 360 g/mol. The molecule has 0 unspecified atom stereocenters. The van der Waals surface area contributed by atoms with E-state index in [1.165, 1.54) is 4.31 Å². The number of aliphatic hydroxyl groups excluding tert-OH is 1. The van der Waals surface area contributed by atoms with Gasteiger partial charge in [-0.05, 0) is 36.5 Å². The van der Waals surface area contributed by atoms with E-state index in [1.54, 1.807) is 6.92 Å². The van der Waals surface area contributed by atoms with Crippen LogP contribution in [0.2, 0.25) is 0 Å². The Morgan fingerprint density at radius 2 is 1.96 bits per heavy atom. The number of carbonyl (C=O) groups excluding carboxylic acids is 1. The maximum Gasteiger partial charge on any atom is 0.241 e. The maximum absolute atomic E-state index is 13.0. The van der Waals surface area contributed by atoms with Gasteiger partial charge in [0.1, 0.15) is 0 Å². The van der Waals surface area contributed by atoms with Crippen LogP contribution < -0.4 is 0 Å². The van der Waals surface area contributed by atoms with Crippen LogP contribution in [0.4, 0.5) is 0 Å². The summed E-state index contributed by atoms with van der Waals surface area (Å²) in [5.74, 6) is -0.547. The Morgan fingerprint density at radius 3 is 2.50 bits per heavy atom. The molecule has 2 bridgehead atoms. The van der Waals surface area contributed by atoms with Gasteiger partial charge in [0.15, 0.2) is 0 Å². The summed E-state index contributed by atoms with van der Waals surface area (Å²) >= 11 is 0. The first-order valence-corrected chi connectivity index (χ1v) is 10.8. The van der Waals surface area contributed by atoms with Gasteiger partial charge in [-0.15, -0.1) is 0 Å². The van der Waals surface area contributed by atoms with Crippen molar-refractivity contribution in [3.05, 3.63) is 0 Å². The summed E-state index contributed by atoms with van der Waals surface area (Å²) in [6.07, 6.45) is 2.69. The van der Waals surface area contributed by atoms with E-state index >= 15 is 0 Å². The second-order valence-corrected chi connectivity index (χ2v) is 10.8. The molecule has 0 radical (unpaired) electrons. The second kappa shape index (κ2) is 5.44. The molecule has 1 N–H and O–H groups in total. The number of aliphatic hydroxyl groups is 1. The van der Waals surface area contributed by atoms with Gasteiger partial charge in [0.05, 0.1) is 23.8 Å². The van der Waals surface area contributed by atoms with E-state index in [0.717, 1.165) is 25.7 Å². The van der Waals surface area contributed by atoms with Gasteiger partial charge in [-0.1, -0.05) is 41.0 Å². The van der Waals surface area contributed by atoms with Gasteiger partial charge in [0, 0.05) is 5.41 Å². The third-order valence-electron chi connectivity index (χ3n) is 7.76. The van der Waals surface area contributed by atoms with Gasteiger partial charge in [-0.3, -0.25) is 4.79 Å². The zero-order valence-corrected chi connectivity index (χ0v) is 16.3. The van der Waals surface area contributed by atoms with Gasteiger partial charge in [-0.2, -0.15) is 0 Å². The summed E-state index contributed by atoms with van der Waals surface area (Å²) < 4.78 is 26.9. The molecule has 0 aromatic carbocycles. The predicted molar refractivity (Wildman–Crippen MR) is 92.6 cm³/mol. The van der Waals surface area contributed by atoms with Crippen molar-refractivity contribution < 1.29 is 18.3 Å². The zero-order valence-electron chi connectivity index (χ0n) is 15.4. The van der Waals surface area contributed by atoms with Crippen molar-refractivity contribution in [2.75, 3.05) is 5.75 Å². The number of hydrogen-bond donors (Lipinski definition) is 1. The van der Waals surface area contributed by atoms with E-state index in [-0.39, 0.29) is 28.5 Å². The highest BCUT2D eigenvalue weighted by molar-refractivity contribution is 7.90. The van der Waals surface area contributed by atoms with Crippen molar-refractivity contribution in [2.24, 2.45) is 28.6 Å². The van der Waals surface area contributed by atoms with E-state index in [9.17, 15) is 18.3 Å². The summed E-state index contributed by atoms with van der Waals surface area (Å²) in [5, 5.41) is 10.4. The molecule has 0 aromatic heterocycles. The molecule has 2 saturated carbocycles. The number of carbonyl (C=O) groups is 1. The van der Waals surface area contributed by atoms with Crippen molar-refractivity contribution in [3.8, 4) is 0 Å². The Bertz CT molecular complexity index is 643. The maximum atomic E-state index is 13.0. The fourth-order valence-corrected chi connectivity index (χ4v) is 8.27. The molecular weight excluding hydrogens is 328 g/mol. The van der Waals surface area contributed by atoms with Crippen LogP contribution >= 0.6 is 0 Å². The Morgan fingerprint density at radius 1 is 1.33 bits per heavy atom. The molecule has 5 nitrogen and oxygen atoms in total. The second-order valence-electron chi connectivity index (χ2n) is 8.92. The van der Waals surface area contributed by atoms with E-state index in [4.69, 9.17) is 0 Å². The summed E-state index contributed by atoms with van der Waals surface area (Å²) in [6, 6.07) is -0.213. The quantitative estimate of drug-likeness (QED) is 0.836. The number of hydrogen-bond acceptors (Lipinski definition) is 4. The Kier molecular flexibility index (Phi) is 4.12. The first-order chi connectivity index (χ1) is 11.0. The van der Waals surface area contributed by atoms with Gasteiger partial charge < -0.3 is 5.11 Å². The molecule has 24 heavy (non-hydrogen) atoms. The van der Waals surface area contributed by atoms with Crippen molar-refractivity contribution in [2.45, 2.75) is 72.4 Å². The number of sulfonamides is 1. The van der Waals surface area contributed by atoms with E-state index < -0.39 is 28.0 Å². The number of amides is 1. The number of nitrogens with zero attached hydrogens (tertiary/aromatic N) is 1. The number of rotatable bonds is 4. The Labute approximate surface area is 145 Å². The van der Waals surface area contributed by atoms with Crippen LogP contribution in [-0.4, -0.2) is 41.6 Å². The van der Waals surface area contributed by atoms with Crippen LogP contribution in [0.1, 0.15) is 60.3 Å². The van der Waals surface area contributed by atoms with Crippen LogP contribution in [0.3, 0.4) is 0 Å². The van der Waals surface area contributed by atoms with E-state index in [0.29, 0.717) is 5.92 Å². The van der Waals surface area contributed by atoms with Gasteiger partial charge in [-0.25, -0.2) is 12.7 Å². The lowest BCUT2D eigenvalue weighted by Crippen LogP contribution is -2.48. The molecule has 0 aromatic rings. The summed E-state index contributed by atoms with van der Waals surface area (Å²) in [7, 11) is -3.60. The lowest BCUT2D eigenvalue weighted by Gasteiger charge is -2.37. The Balaban J connectivity index is 1.93. The minimum atomic E-state index is -3.60. The molecule has 138 valence electrons. The lowest BCUT2D eigenvalue weighted by atomic mass is 9.69. The average Bonchev–Trinajstić information content (AvgIpc) is 2.99.